The highest BCUT2D eigenvalue weighted by atomic mass is 32.2. The minimum atomic E-state index is 0.0801. The molecule has 2 aromatic heterocycles. The van der Waals surface area contributed by atoms with Crippen LogP contribution in [0.4, 0.5) is 11.1 Å². The normalized spacial score (nSPS) is 16.7. The molecule has 0 atom stereocenters. The van der Waals surface area contributed by atoms with E-state index in [4.69, 9.17) is 0 Å². The first-order valence-corrected chi connectivity index (χ1v) is 11.5. The third-order valence-electron chi connectivity index (χ3n) is 4.87. The molecule has 29 heavy (non-hydrogen) atoms. The smallest absolute Gasteiger partial charge is 0.233 e. The molecule has 1 saturated carbocycles. The van der Waals surface area contributed by atoms with Crippen LogP contribution >= 0.6 is 23.1 Å². The molecule has 0 N–H and O–H groups in total. The van der Waals surface area contributed by atoms with E-state index in [-0.39, 0.29) is 17.9 Å². The van der Waals surface area contributed by atoms with Crippen LogP contribution in [0.1, 0.15) is 26.2 Å². The maximum absolute atomic E-state index is 12.6. The van der Waals surface area contributed by atoms with Crippen molar-refractivity contribution in [2.45, 2.75) is 36.6 Å². The van der Waals surface area contributed by atoms with Crippen molar-refractivity contribution < 1.29 is 9.59 Å². The molecular formula is C18H23N7O2S2. The van der Waals surface area contributed by atoms with Crippen LogP contribution in [0.25, 0.3) is 0 Å². The molecule has 1 aliphatic heterocycles. The van der Waals surface area contributed by atoms with Crippen molar-refractivity contribution in [1.82, 2.24) is 25.1 Å². The molecule has 4 rings (SSSR count). The topological polar surface area (TPSA) is 95.4 Å². The van der Waals surface area contributed by atoms with Gasteiger partial charge >= 0.3 is 0 Å². The first kappa shape index (κ1) is 20.0. The number of amides is 2. The number of hydrogen-bond donors (Lipinski definition) is 0. The predicted octanol–water partition coefficient (Wildman–Crippen LogP) is 1.67. The van der Waals surface area contributed by atoms with E-state index >= 15 is 0 Å². The molecule has 2 aliphatic rings. The van der Waals surface area contributed by atoms with Crippen LogP contribution in [0, 0.1) is 0 Å². The number of nitrogens with zero attached hydrogens (tertiary/aromatic N) is 7. The van der Waals surface area contributed by atoms with Crippen molar-refractivity contribution in [2.24, 2.45) is 0 Å². The van der Waals surface area contributed by atoms with Gasteiger partial charge in [0, 0.05) is 51.0 Å². The van der Waals surface area contributed by atoms with Gasteiger partial charge in [0.15, 0.2) is 4.34 Å². The zero-order valence-electron chi connectivity index (χ0n) is 16.2. The van der Waals surface area contributed by atoms with Gasteiger partial charge in [-0.15, -0.1) is 10.2 Å². The van der Waals surface area contributed by atoms with E-state index in [2.05, 4.69) is 25.1 Å². The fraction of sp³-hybridized carbons (Fsp3) is 0.556. The van der Waals surface area contributed by atoms with Gasteiger partial charge in [-0.05, 0) is 18.9 Å². The number of hydrogen-bond acceptors (Lipinski definition) is 9. The van der Waals surface area contributed by atoms with E-state index in [1.165, 1.54) is 23.1 Å². The Kier molecular flexibility index (Phi) is 6.24. The summed E-state index contributed by atoms with van der Waals surface area (Å²) in [5, 5.41) is 9.01. The van der Waals surface area contributed by atoms with Gasteiger partial charge in [-0.3, -0.25) is 14.5 Å². The van der Waals surface area contributed by atoms with Crippen LogP contribution in [0.3, 0.4) is 0 Å². The number of thioether (sulfide) groups is 1. The van der Waals surface area contributed by atoms with E-state index in [1.807, 2.05) is 11.8 Å². The molecule has 0 spiro atoms. The molecule has 0 aromatic carbocycles. The van der Waals surface area contributed by atoms with E-state index in [1.54, 1.807) is 23.4 Å². The molecule has 154 valence electrons. The summed E-state index contributed by atoms with van der Waals surface area (Å²) in [5.41, 5.74) is 0. The summed E-state index contributed by atoms with van der Waals surface area (Å²) < 4.78 is 0.722. The van der Waals surface area contributed by atoms with Gasteiger partial charge in [-0.1, -0.05) is 30.0 Å². The number of anilines is 2. The molecule has 2 amide bonds. The minimum absolute atomic E-state index is 0.0801. The lowest BCUT2D eigenvalue weighted by atomic mass is 10.3. The first-order chi connectivity index (χ1) is 14.2. The Morgan fingerprint density at radius 2 is 1.90 bits per heavy atom. The average Bonchev–Trinajstić information content (AvgIpc) is 3.50. The van der Waals surface area contributed by atoms with Crippen molar-refractivity contribution in [3.8, 4) is 0 Å². The van der Waals surface area contributed by atoms with E-state index in [9.17, 15) is 9.59 Å². The van der Waals surface area contributed by atoms with Crippen LogP contribution in [0.2, 0.25) is 0 Å². The average molecular weight is 434 g/mol. The number of piperazine rings is 1. The zero-order chi connectivity index (χ0) is 20.2. The van der Waals surface area contributed by atoms with E-state index < -0.39 is 0 Å². The highest BCUT2D eigenvalue weighted by Crippen LogP contribution is 2.36. The lowest BCUT2D eigenvalue weighted by Gasteiger charge is -2.34. The van der Waals surface area contributed by atoms with Crippen LogP contribution in [-0.2, 0) is 9.59 Å². The van der Waals surface area contributed by atoms with Gasteiger partial charge in [0.2, 0.25) is 22.9 Å². The Labute approximate surface area is 177 Å². The molecule has 0 radical (unpaired) electrons. The third kappa shape index (κ3) is 4.84. The summed E-state index contributed by atoms with van der Waals surface area (Å²) in [6.45, 7) is 4.60. The molecule has 3 heterocycles. The Morgan fingerprint density at radius 1 is 1.17 bits per heavy atom. The van der Waals surface area contributed by atoms with Gasteiger partial charge in [0.05, 0.1) is 5.75 Å². The van der Waals surface area contributed by atoms with Crippen molar-refractivity contribution in [3.63, 3.8) is 0 Å². The lowest BCUT2D eigenvalue weighted by Crippen LogP contribution is -2.49. The summed E-state index contributed by atoms with van der Waals surface area (Å²) in [6, 6.07) is 2.06. The summed E-state index contributed by atoms with van der Waals surface area (Å²) in [4.78, 5) is 39.0. The second-order valence-electron chi connectivity index (χ2n) is 6.90. The highest BCUT2D eigenvalue weighted by molar-refractivity contribution is 8.01. The van der Waals surface area contributed by atoms with E-state index in [0.29, 0.717) is 36.3 Å². The van der Waals surface area contributed by atoms with Crippen molar-refractivity contribution in [3.05, 3.63) is 18.5 Å². The molecule has 0 bridgehead atoms. The zero-order valence-corrected chi connectivity index (χ0v) is 17.9. The monoisotopic (exact) mass is 433 g/mol. The van der Waals surface area contributed by atoms with Crippen molar-refractivity contribution >= 4 is 46.0 Å². The van der Waals surface area contributed by atoms with Crippen LogP contribution in [0.15, 0.2) is 22.8 Å². The summed E-state index contributed by atoms with van der Waals surface area (Å²) in [7, 11) is 0. The maximum Gasteiger partial charge on any atom is 0.233 e. The molecule has 0 unspecified atom stereocenters. The molecular weight excluding hydrogens is 410 g/mol. The van der Waals surface area contributed by atoms with Crippen molar-refractivity contribution in [1.29, 1.82) is 0 Å². The predicted molar refractivity (Wildman–Crippen MR) is 112 cm³/mol. The minimum Gasteiger partial charge on any atom is -0.338 e. The van der Waals surface area contributed by atoms with Gasteiger partial charge in [-0.2, -0.15) is 0 Å². The first-order valence-electron chi connectivity index (χ1n) is 9.74. The number of carbonyl (C=O) groups excluding carboxylic acids is 2. The molecule has 1 saturated heterocycles. The second-order valence-corrected chi connectivity index (χ2v) is 9.08. The second kappa shape index (κ2) is 9.04. The molecule has 1 aliphatic carbocycles. The summed E-state index contributed by atoms with van der Waals surface area (Å²) >= 11 is 2.78. The number of rotatable bonds is 7. The molecule has 2 aromatic rings. The van der Waals surface area contributed by atoms with Gasteiger partial charge in [0.25, 0.3) is 0 Å². The van der Waals surface area contributed by atoms with Gasteiger partial charge in [-0.25, -0.2) is 9.97 Å². The van der Waals surface area contributed by atoms with Gasteiger partial charge < -0.3 is 9.80 Å². The largest absolute Gasteiger partial charge is 0.338 e. The van der Waals surface area contributed by atoms with Crippen molar-refractivity contribution in [2.75, 3.05) is 41.7 Å². The SMILES string of the molecule is CCC(=O)N(c1nnc(SCC(=O)N2CCN(c3ncccn3)CC2)s1)C1CC1. The highest BCUT2D eigenvalue weighted by Gasteiger charge is 2.35. The maximum atomic E-state index is 12.6. The third-order valence-corrected chi connectivity index (χ3v) is 6.91. The fourth-order valence-corrected chi connectivity index (χ4v) is 4.99. The standard InChI is InChI=1S/C18H23N7O2S2/c1-2-14(26)25(13-4-5-13)17-21-22-18(29-17)28-12-15(27)23-8-10-24(11-9-23)16-19-6-3-7-20-16/h3,6-7,13H,2,4-5,8-12H2,1H3. The fourth-order valence-electron chi connectivity index (χ4n) is 3.15. The lowest BCUT2D eigenvalue weighted by molar-refractivity contribution is -0.128. The molecule has 11 heteroatoms. The quantitative estimate of drug-likeness (QED) is 0.481. The summed E-state index contributed by atoms with van der Waals surface area (Å²) in [6.07, 6.45) is 5.95. The Hall–Kier alpha value is -2.27. The number of carbonyl (C=O) groups is 2. The number of aromatic nitrogens is 4. The van der Waals surface area contributed by atoms with E-state index in [0.717, 1.165) is 30.3 Å². The molecule has 9 nitrogen and oxygen atoms in total. The van der Waals surface area contributed by atoms with Crippen LogP contribution in [-0.4, -0.2) is 74.9 Å². The van der Waals surface area contributed by atoms with Gasteiger partial charge in [0.1, 0.15) is 0 Å². The Bertz CT molecular complexity index is 851. The Balaban J connectivity index is 1.27. The van der Waals surface area contributed by atoms with Crippen LogP contribution < -0.4 is 9.80 Å². The van der Waals surface area contributed by atoms with Crippen LogP contribution in [0.5, 0.6) is 0 Å². The molecule has 2 fully saturated rings. The Morgan fingerprint density at radius 3 is 2.55 bits per heavy atom. The summed E-state index contributed by atoms with van der Waals surface area (Å²) in [5.74, 6) is 1.19.